The average Bonchev–Trinajstić information content (AvgIpc) is 2.72. The van der Waals surface area contributed by atoms with E-state index in [2.05, 4.69) is 11.8 Å². The summed E-state index contributed by atoms with van der Waals surface area (Å²) < 4.78 is 13.2. The maximum atomic E-state index is 13.2. The predicted octanol–water partition coefficient (Wildman–Crippen LogP) is 3.68. The van der Waals surface area contributed by atoms with Crippen molar-refractivity contribution >= 4 is 35.0 Å². The van der Waals surface area contributed by atoms with Gasteiger partial charge in [0.1, 0.15) is 5.82 Å². The summed E-state index contributed by atoms with van der Waals surface area (Å²) in [5.74, 6) is -0.404. The number of hydrogen-bond acceptors (Lipinski definition) is 3. The van der Waals surface area contributed by atoms with Gasteiger partial charge in [0.05, 0.1) is 0 Å². The highest BCUT2D eigenvalue weighted by atomic mass is 35.5. The highest BCUT2D eigenvalue weighted by molar-refractivity contribution is 6.53. The lowest BCUT2D eigenvalue weighted by molar-refractivity contribution is -0.132. The van der Waals surface area contributed by atoms with Gasteiger partial charge in [0, 0.05) is 52.2 Å². The summed E-state index contributed by atoms with van der Waals surface area (Å²) in [6, 6.07) is 6.29. The summed E-state index contributed by atoms with van der Waals surface area (Å²) in [5.41, 5.74) is 0.918. The minimum atomic E-state index is -1.02. The molecule has 0 atom stereocenters. The van der Waals surface area contributed by atoms with Crippen LogP contribution in [0.5, 0.6) is 0 Å². The summed E-state index contributed by atoms with van der Waals surface area (Å²) in [5, 5.41) is 0. The van der Waals surface area contributed by atoms with Gasteiger partial charge < -0.3 is 9.80 Å². The molecule has 0 unspecified atom stereocenters. The zero-order chi connectivity index (χ0) is 21.2. The average molecular weight is 446 g/mol. The topological polar surface area (TPSA) is 43.9 Å². The third kappa shape index (κ3) is 8.11. The first-order valence-electron chi connectivity index (χ1n) is 10.2. The number of carbonyl (C=O) groups excluding carboxylic acids is 2. The Kier molecular flexibility index (Phi) is 10.2. The molecule has 0 bridgehead atoms. The number of piperazine rings is 1. The molecule has 8 heteroatoms. The van der Waals surface area contributed by atoms with Crippen LogP contribution in [0.3, 0.4) is 0 Å². The second-order valence-electron chi connectivity index (χ2n) is 7.37. The van der Waals surface area contributed by atoms with Gasteiger partial charge >= 0.3 is 0 Å². The molecule has 1 saturated heterocycles. The number of amides is 2. The van der Waals surface area contributed by atoms with Crippen LogP contribution in [0.1, 0.15) is 38.2 Å². The van der Waals surface area contributed by atoms with Gasteiger partial charge in [-0.15, -0.1) is 0 Å². The molecule has 1 aromatic rings. The number of unbranched alkanes of at least 4 members (excludes halogenated alkanes) is 2. The molecule has 0 saturated carbocycles. The monoisotopic (exact) mass is 445 g/mol. The van der Waals surface area contributed by atoms with E-state index in [0.29, 0.717) is 32.6 Å². The number of benzene rings is 1. The Morgan fingerprint density at radius 3 is 2.34 bits per heavy atom. The molecule has 0 radical (unpaired) electrons. The zero-order valence-electron chi connectivity index (χ0n) is 17.0. The van der Waals surface area contributed by atoms with Crippen molar-refractivity contribution in [2.45, 2.75) is 44.0 Å². The lowest BCUT2D eigenvalue weighted by Crippen LogP contribution is -2.51. The van der Waals surface area contributed by atoms with Crippen molar-refractivity contribution < 1.29 is 14.0 Å². The molecular formula is C21H30Cl2FN3O2. The third-order valence-corrected chi connectivity index (χ3v) is 5.56. The number of carbonyl (C=O) groups is 2. The maximum absolute atomic E-state index is 13.2. The van der Waals surface area contributed by atoms with Gasteiger partial charge in [-0.3, -0.25) is 14.5 Å². The Morgan fingerprint density at radius 2 is 1.76 bits per heavy atom. The number of alkyl halides is 2. The number of nitrogens with zero attached hydrogens (tertiary/aromatic N) is 3. The molecular weight excluding hydrogens is 416 g/mol. The first kappa shape index (κ1) is 23.9. The molecule has 1 aliphatic rings. The van der Waals surface area contributed by atoms with Crippen LogP contribution in [0.15, 0.2) is 24.3 Å². The highest BCUT2D eigenvalue weighted by Gasteiger charge is 2.25. The van der Waals surface area contributed by atoms with Gasteiger partial charge in [-0.05, 0) is 24.1 Å². The minimum Gasteiger partial charge on any atom is -0.338 e. The third-order valence-electron chi connectivity index (χ3n) is 5.19. The molecule has 0 aromatic heterocycles. The second kappa shape index (κ2) is 12.4. The van der Waals surface area contributed by atoms with Crippen LogP contribution in [0.4, 0.5) is 4.39 Å². The van der Waals surface area contributed by atoms with Crippen LogP contribution < -0.4 is 0 Å². The Hall–Kier alpha value is -1.37. The summed E-state index contributed by atoms with van der Waals surface area (Å²) in [7, 11) is 0. The SMILES string of the molecule is CCCCCC(=O)N(CCN1CCN(C(=O)C(Cl)Cl)CC1)Cc1ccc(F)cc1. The van der Waals surface area contributed by atoms with E-state index in [9.17, 15) is 14.0 Å². The lowest BCUT2D eigenvalue weighted by atomic mass is 10.1. The van der Waals surface area contributed by atoms with Crippen molar-refractivity contribution in [3.05, 3.63) is 35.6 Å². The second-order valence-corrected chi connectivity index (χ2v) is 8.46. The Balaban J connectivity index is 1.89. The van der Waals surface area contributed by atoms with Crippen LogP contribution in [0.2, 0.25) is 0 Å². The molecule has 2 rings (SSSR count). The van der Waals surface area contributed by atoms with Crippen LogP contribution >= 0.6 is 23.2 Å². The summed E-state index contributed by atoms with van der Waals surface area (Å²) in [6.07, 6.45) is 3.52. The highest BCUT2D eigenvalue weighted by Crippen LogP contribution is 2.13. The molecule has 2 amide bonds. The molecule has 0 N–H and O–H groups in total. The van der Waals surface area contributed by atoms with Gasteiger partial charge in [-0.2, -0.15) is 0 Å². The fraction of sp³-hybridized carbons (Fsp3) is 0.619. The molecule has 5 nitrogen and oxygen atoms in total. The number of halogens is 3. The van der Waals surface area contributed by atoms with Crippen LogP contribution in [0.25, 0.3) is 0 Å². The van der Waals surface area contributed by atoms with Gasteiger partial charge in [-0.25, -0.2) is 4.39 Å². The quantitative estimate of drug-likeness (QED) is 0.407. The zero-order valence-corrected chi connectivity index (χ0v) is 18.5. The fourth-order valence-corrected chi connectivity index (χ4v) is 3.65. The smallest absolute Gasteiger partial charge is 0.255 e. The van der Waals surface area contributed by atoms with Crippen molar-refractivity contribution in [1.82, 2.24) is 14.7 Å². The fourth-order valence-electron chi connectivity index (χ4n) is 3.38. The molecule has 1 heterocycles. The Morgan fingerprint density at radius 1 is 1.10 bits per heavy atom. The summed E-state index contributed by atoms with van der Waals surface area (Å²) in [6.45, 7) is 6.53. The van der Waals surface area contributed by atoms with E-state index >= 15 is 0 Å². The van der Waals surface area contributed by atoms with Crippen LogP contribution in [0, 0.1) is 5.82 Å². The summed E-state index contributed by atoms with van der Waals surface area (Å²) >= 11 is 11.3. The largest absolute Gasteiger partial charge is 0.338 e. The standard InChI is InChI=1S/C21H30Cl2FN3O2/c1-2-3-4-5-19(28)27(16-17-6-8-18(24)9-7-17)15-12-25-10-13-26(14-11-25)21(29)20(22)23/h6-9,20H,2-5,10-16H2,1H3. The van der Waals surface area contributed by atoms with Gasteiger partial charge in [0.15, 0.2) is 4.84 Å². The van der Waals surface area contributed by atoms with E-state index < -0.39 is 4.84 Å². The first-order valence-corrected chi connectivity index (χ1v) is 11.1. The van der Waals surface area contributed by atoms with E-state index in [-0.39, 0.29) is 17.6 Å². The van der Waals surface area contributed by atoms with Crippen molar-refractivity contribution in [1.29, 1.82) is 0 Å². The molecule has 0 spiro atoms. The lowest BCUT2D eigenvalue weighted by Gasteiger charge is -2.36. The van der Waals surface area contributed by atoms with E-state index in [0.717, 1.165) is 44.5 Å². The molecule has 1 aliphatic heterocycles. The van der Waals surface area contributed by atoms with E-state index in [1.54, 1.807) is 17.0 Å². The molecule has 0 aliphatic carbocycles. The van der Waals surface area contributed by atoms with Gasteiger partial charge in [0.2, 0.25) is 5.91 Å². The van der Waals surface area contributed by atoms with E-state index in [1.807, 2.05) is 4.90 Å². The molecule has 29 heavy (non-hydrogen) atoms. The van der Waals surface area contributed by atoms with Crippen LogP contribution in [-0.2, 0) is 16.1 Å². The van der Waals surface area contributed by atoms with Crippen molar-refractivity contribution in [2.24, 2.45) is 0 Å². The maximum Gasteiger partial charge on any atom is 0.255 e. The summed E-state index contributed by atoms with van der Waals surface area (Å²) in [4.78, 5) is 29.3. The molecule has 1 fully saturated rings. The number of rotatable bonds is 10. The Labute approximate surface area is 182 Å². The first-order chi connectivity index (χ1) is 13.9. The van der Waals surface area contributed by atoms with Gasteiger partial charge in [0.25, 0.3) is 5.91 Å². The number of hydrogen-bond donors (Lipinski definition) is 0. The molecule has 1 aromatic carbocycles. The predicted molar refractivity (Wildman–Crippen MR) is 114 cm³/mol. The minimum absolute atomic E-state index is 0.128. The van der Waals surface area contributed by atoms with E-state index in [4.69, 9.17) is 23.2 Å². The van der Waals surface area contributed by atoms with E-state index in [1.165, 1.54) is 12.1 Å². The van der Waals surface area contributed by atoms with Crippen molar-refractivity contribution in [3.8, 4) is 0 Å². The molecule has 162 valence electrons. The van der Waals surface area contributed by atoms with Crippen molar-refractivity contribution in [3.63, 3.8) is 0 Å². The Bertz CT molecular complexity index is 650. The van der Waals surface area contributed by atoms with Crippen molar-refractivity contribution in [2.75, 3.05) is 39.3 Å². The van der Waals surface area contributed by atoms with Crippen LogP contribution in [-0.4, -0.2) is 70.6 Å². The normalized spacial score (nSPS) is 15.0. The van der Waals surface area contributed by atoms with Gasteiger partial charge in [-0.1, -0.05) is 55.1 Å².